The SMILES string of the molecule is C#CCOc1ccc(CCCCCCCCCCCOCCCCCCCCCCCc2ccc(OCC#C)cc2)cc1. The van der Waals surface area contributed by atoms with Crippen molar-refractivity contribution in [3.05, 3.63) is 59.7 Å². The molecule has 43 heavy (non-hydrogen) atoms. The van der Waals surface area contributed by atoms with E-state index in [1.54, 1.807) is 0 Å². The van der Waals surface area contributed by atoms with Crippen molar-refractivity contribution in [1.29, 1.82) is 0 Å². The molecule has 3 heteroatoms. The molecule has 2 aromatic carbocycles. The zero-order valence-corrected chi connectivity index (χ0v) is 27.0. The third kappa shape index (κ3) is 20.6. The zero-order chi connectivity index (χ0) is 30.5. The van der Waals surface area contributed by atoms with E-state index in [1.165, 1.54) is 127 Å². The molecule has 0 aliphatic heterocycles. The van der Waals surface area contributed by atoms with Gasteiger partial charge in [-0.3, -0.25) is 0 Å². The molecular formula is C40H58O3. The van der Waals surface area contributed by atoms with Gasteiger partial charge in [0.25, 0.3) is 0 Å². The van der Waals surface area contributed by atoms with Crippen LogP contribution < -0.4 is 9.47 Å². The van der Waals surface area contributed by atoms with Gasteiger partial charge in [-0.1, -0.05) is 126 Å². The smallest absolute Gasteiger partial charge is 0.148 e. The predicted molar refractivity (Wildman–Crippen MR) is 183 cm³/mol. The minimum atomic E-state index is 0.334. The summed E-state index contributed by atoms with van der Waals surface area (Å²) in [6.45, 7) is 2.56. The third-order valence-electron chi connectivity index (χ3n) is 8.00. The van der Waals surface area contributed by atoms with Crippen molar-refractivity contribution < 1.29 is 14.2 Å². The first-order valence-electron chi connectivity index (χ1n) is 17.2. The van der Waals surface area contributed by atoms with Crippen LogP contribution >= 0.6 is 0 Å². The fourth-order valence-corrected chi connectivity index (χ4v) is 5.40. The van der Waals surface area contributed by atoms with Gasteiger partial charge in [0.2, 0.25) is 0 Å². The van der Waals surface area contributed by atoms with E-state index in [1.807, 2.05) is 24.3 Å². The average Bonchev–Trinajstić information content (AvgIpc) is 3.04. The Hall–Kier alpha value is -2.88. The van der Waals surface area contributed by atoms with Crippen LogP contribution in [-0.2, 0) is 17.6 Å². The van der Waals surface area contributed by atoms with Crippen molar-refractivity contribution >= 4 is 0 Å². The van der Waals surface area contributed by atoms with Crippen LogP contribution in [0.1, 0.15) is 127 Å². The van der Waals surface area contributed by atoms with E-state index in [2.05, 4.69) is 36.1 Å². The normalized spacial score (nSPS) is 10.7. The first-order valence-corrected chi connectivity index (χ1v) is 17.2. The van der Waals surface area contributed by atoms with E-state index < -0.39 is 0 Å². The Bertz CT molecular complexity index is 899. The molecule has 0 saturated carbocycles. The molecule has 0 heterocycles. The molecular weight excluding hydrogens is 528 g/mol. The second-order valence-corrected chi connectivity index (χ2v) is 11.7. The Balaban J connectivity index is 1.23. The van der Waals surface area contributed by atoms with Gasteiger partial charge in [0, 0.05) is 13.2 Å². The molecule has 0 aliphatic rings. The Morgan fingerprint density at radius 1 is 0.395 bits per heavy atom. The largest absolute Gasteiger partial charge is 0.481 e. The molecule has 0 bridgehead atoms. The molecule has 2 aromatic rings. The summed E-state index contributed by atoms with van der Waals surface area (Å²) in [5, 5.41) is 0. The summed E-state index contributed by atoms with van der Waals surface area (Å²) in [6.07, 6.45) is 36.7. The van der Waals surface area contributed by atoms with E-state index in [-0.39, 0.29) is 0 Å². The van der Waals surface area contributed by atoms with Crippen molar-refractivity contribution in [2.24, 2.45) is 0 Å². The van der Waals surface area contributed by atoms with Crippen LogP contribution in [0.3, 0.4) is 0 Å². The van der Waals surface area contributed by atoms with E-state index in [9.17, 15) is 0 Å². The number of unbranched alkanes of at least 4 members (excludes halogenated alkanes) is 16. The van der Waals surface area contributed by atoms with E-state index in [0.29, 0.717) is 13.2 Å². The Morgan fingerprint density at radius 2 is 0.698 bits per heavy atom. The van der Waals surface area contributed by atoms with Crippen LogP contribution in [0.4, 0.5) is 0 Å². The highest BCUT2D eigenvalue weighted by Crippen LogP contribution is 2.17. The predicted octanol–water partition coefficient (Wildman–Crippen LogP) is 10.5. The van der Waals surface area contributed by atoms with Gasteiger partial charge in [-0.15, -0.1) is 12.8 Å². The van der Waals surface area contributed by atoms with Crippen molar-refractivity contribution in [3.8, 4) is 36.2 Å². The van der Waals surface area contributed by atoms with Gasteiger partial charge in [-0.05, 0) is 73.9 Å². The van der Waals surface area contributed by atoms with Gasteiger partial charge in [-0.25, -0.2) is 0 Å². The number of hydrogen-bond donors (Lipinski definition) is 0. The average molecular weight is 587 g/mol. The number of aryl methyl sites for hydroxylation is 2. The first-order chi connectivity index (χ1) is 21.3. The van der Waals surface area contributed by atoms with Gasteiger partial charge in [0.1, 0.15) is 24.7 Å². The molecule has 0 aromatic heterocycles. The van der Waals surface area contributed by atoms with Gasteiger partial charge in [-0.2, -0.15) is 0 Å². The van der Waals surface area contributed by atoms with Crippen LogP contribution in [0.2, 0.25) is 0 Å². The lowest BCUT2D eigenvalue weighted by molar-refractivity contribution is 0.125. The minimum Gasteiger partial charge on any atom is -0.481 e. The lowest BCUT2D eigenvalue weighted by atomic mass is 10.0. The Labute approximate surface area is 264 Å². The maximum Gasteiger partial charge on any atom is 0.148 e. The number of hydrogen-bond acceptors (Lipinski definition) is 3. The van der Waals surface area contributed by atoms with Crippen LogP contribution in [0.25, 0.3) is 0 Å². The summed E-state index contributed by atoms with van der Waals surface area (Å²) in [7, 11) is 0. The van der Waals surface area contributed by atoms with Gasteiger partial charge in [0.05, 0.1) is 0 Å². The van der Waals surface area contributed by atoms with Crippen molar-refractivity contribution in [2.45, 2.75) is 128 Å². The highest BCUT2D eigenvalue weighted by atomic mass is 16.5. The zero-order valence-electron chi connectivity index (χ0n) is 27.0. The van der Waals surface area contributed by atoms with E-state index in [0.717, 1.165) is 37.6 Å². The topological polar surface area (TPSA) is 27.7 Å². The molecule has 0 amide bonds. The molecule has 236 valence electrons. The van der Waals surface area contributed by atoms with Crippen LogP contribution in [0.5, 0.6) is 11.5 Å². The van der Waals surface area contributed by atoms with E-state index in [4.69, 9.17) is 27.1 Å². The highest BCUT2D eigenvalue weighted by Gasteiger charge is 1.99. The van der Waals surface area contributed by atoms with Gasteiger partial charge in [0.15, 0.2) is 0 Å². The molecule has 0 spiro atoms. The van der Waals surface area contributed by atoms with Crippen LogP contribution in [0, 0.1) is 24.7 Å². The fourth-order valence-electron chi connectivity index (χ4n) is 5.40. The number of ether oxygens (including phenoxy) is 3. The second-order valence-electron chi connectivity index (χ2n) is 11.7. The Kier molecular flexibility index (Phi) is 22.6. The Morgan fingerprint density at radius 3 is 1.02 bits per heavy atom. The quantitative estimate of drug-likeness (QED) is 0.0733. The molecule has 0 fully saturated rings. The molecule has 0 aliphatic carbocycles. The van der Waals surface area contributed by atoms with Crippen LogP contribution in [-0.4, -0.2) is 26.4 Å². The molecule has 2 rings (SSSR count). The standard InChI is InChI=1S/C40H58O3/c1-3-33-42-39-29-25-37(26-30-39)23-19-15-11-7-5-9-13-17-21-35-41-36-22-18-14-10-6-8-12-16-20-24-38-27-31-40(32-28-38)43-34-4-2/h1-2,25-32H,5-24,33-36H2. The molecule has 0 unspecified atom stereocenters. The lowest BCUT2D eigenvalue weighted by Crippen LogP contribution is -1.97. The van der Waals surface area contributed by atoms with Gasteiger partial charge < -0.3 is 14.2 Å². The van der Waals surface area contributed by atoms with Crippen molar-refractivity contribution in [3.63, 3.8) is 0 Å². The summed E-state index contributed by atoms with van der Waals surface area (Å²) in [6, 6.07) is 16.7. The van der Waals surface area contributed by atoms with E-state index >= 15 is 0 Å². The molecule has 0 atom stereocenters. The van der Waals surface area contributed by atoms with Crippen molar-refractivity contribution in [2.75, 3.05) is 26.4 Å². The summed E-state index contributed by atoms with van der Waals surface area (Å²) in [5.74, 6) is 6.71. The second kappa shape index (κ2) is 26.7. The number of terminal acetylenes is 2. The summed E-state index contributed by atoms with van der Waals surface area (Å²) < 4.78 is 16.7. The molecule has 3 nitrogen and oxygen atoms in total. The highest BCUT2D eigenvalue weighted by molar-refractivity contribution is 5.28. The maximum atomic E-state index is 5.87. The number of benzene rings is 2. The van der Waals surface area contributed by atoms with Crippen molar-refractivity contribution in [1.82, 2.24) is 0 Å². The lowest BCUT2D eigenvalue weighted by Gasteiger charge is -2.06. The van der Waals surface area contributed by atoms with Crippen LogP contribution in [0.15, 0.2) is 48.5 Å². The summed E-state index contributed by atoms with van der Waals surface area (Å²) in [4.78, 5) is 0. The molecule has 0 radical (unpaired) electrons. The fraction of sp³-hybridized carbons (Fsp3) is 0.600. The number of rotatable bonds is 28. The monoisotopic (exact) mass is 586 g/mol. The first kappa shape index (κ1) is 36.3. The maximum absolute atomic E-state index is 5.87. The summed E-state index contributed by atoms with van der Waals surface area (Å²) >= 11 is 0. The minimum absolute atomic E-state index is 0.334. The summed E-state index contributed by atoms with van der Waals surface area (Å²) in [5.41, 5.74) is 2.77. The molecule has 0 saturated heterocycles. The third-order valence-corrected chi connectivity index (χ3v) is 8.00. The molecule has 0 N–H and O–H groups in total. The van der Waals surface area contributed by atoms with Gasteiger partial charge >= 0.3 is 0 Å².